The summed E-state index contributed by atoms with van der Waals surface area (Å²) in [5.41, 5.74) is -0.766. The van der Waals surface area contributed by atoms with Crippen LogP contribution in [-0.4, -0.2) is 21.9 Å². The average Bonchev–Trinajstić information content (AvgIpc) is 3.16. The molecule has 0 saturated heterocycles. The lowest BCUT2D eigenvalue weighted by atomic mass is 9.96. The highest BCUT2D eigenvalue weighted by molar-refractivity contribution is 9.10. The molecule has 2 heterocycles. The lowest BCUT2D eigenvalue weighted by Gasteiger charge is -2.34. The Hall–Kier alpha value is -3.02. The smallest absolute Gasteiger partial charge is 0.363 e. The number of benzene rings is 2. The van der Waals surface area contributed by atoms with E-state index in [0.29, 0.717) is 10.2 Å². The van der Waals surface area contributed by atoms with Crippen LogP contribution in [0.3, 0.4) is 0 Å². The van der Waals surface area contributed by atoms with E-state index >= 15 is 0 Å². The van der Waals surface area contributed by atoms with Crippen LogP contribution in [0, 0.1) is 0 Å². The van der Waals surface area contributed by atoms with E-state index in [9.17, 15) is 31.1 Å². The Labute approximate surface area is 191 Å². The molecule has 0 aliphatic carbocycles. The summed E-state index contributed by atoms with van der Waals surface area (Å²) in [4.78, 5) is 12.8. The summed E-state index contributed by atoms with van der Waals surface area (Å²) in [7, 11) is 0. The van der Waals surface area contributed by atoms with E-state index in [0.717, 1.165) is 28.9 Å². The summed E-state index contributed by atoms with van der Waals surface area (Å²) in [6.45, 7) is 0. The maximum Gasteiger partial charge on any atom is 0.416 e. The van der Waals surface area contributed by atoms with Crippen molar-refractivity contribution in [2.24, 2.45) is 0 Å². The van der Waals surface area contributed by atoms with Gasteiger partial charge in [0.25, 0.3) is 5.91 Å². The molecule has 2 aromatic carbocycles. The number of aromatic nitrogens is 2. The standard InChI is InChI=1S/C21H15BrF6N4O/c22-13-6-4-11(5-7-13)16-9-17(21(26,27)28)32-18(31-16)15(10-29-32)19(33)30-14-3-1-2-12(8-14)20(23,24)25/h1-8,10,16-17,31H,9H2,(H,30,33)/t16-,17+/m1/s1. The Morgan fingerprint density at radius 3 is 2.42 bits per heavy atom. The molecule has 3 aromatic rings. The molecule has 4 rings (SSSR count). The van der Waals surface area contributed by atoms with Crippen LogP contribution in [0.5, 0.6) is 0 Å². The van der Waals surface area contributed by atoms with Gasteiger partial charge in [0, 0.05) is 16.6 Å². The minimum absolute atomic E-state index is 0.151. The molecule has 1 aromatic heterocycles. The van der Waals surface area contributed by atoms with Crippen molar-refractivity contribution in [2.45, 2.75) is 30.9 Å². The van der Waals surface area contributed by atoms with Crippen molar-refractivity contribution in [1.82, 2.24) is 9.78 Å². The van der Waals surface area contributed by atoms with Gasteiger partial charge in [0.15, 0.2) is 6.04 Å². The lowest BCUT2D eigenvalue weighted by molar-refractivity contribution is -0.173. The largest absolute Gasteiger partial charge is 0.416 e. The molecular formula is C21H15BrF6N4O. The Kier molecular flexibility index (Phi) is 5.89. The number of fused-ring (bicyclic) bond motifs is 1. The number of rotatable bonds is 3. The van der Waals surface area contributed by atoms with Gasteiger partial charge in [-0.3, -0.25) is 4.79 Å². The highest BCUT2D eigenvalue weighted by atomic mass is 79.9. The third-order valence-corrected chi connectivity index (χ3v) is 5.73. The van der Waals surface area contributed by atoms with E-state index in [2.05, 4.69) is 31.7 Å². The van der Waals surface area contributed by atoms with Crippen LogP contribution >= 0.6 is 15.9 Å². The van der Waals surface area contributed by atoms with Gasteiger partial charge in [-0.25, -0.2) is 4.68 Å². The highest BCUT2D eigenvalue weighted by Gasteiger charge is 2.47. The number of amides is 1. The van der Waals surface area contributed by atoms with Crippen molar-refractivity contribution < 1.29 is 31.1 Å². The van der Waals surface area contributed by atoms with Crippen LogP contribution in [0.2, 0.25) is 0 Å². The van der Waals surface area contributed by atoms with Crippen LogP contribution < -0.4 is 10.6 Å². The first-order valence-corrected chi connectivity index (χ1v) is 10.4. The first kappa shape index (κ1) is 23.1. The van der Waals surface area contributed by atoms with E-state index in [1.54, 1.807) is 24.3 Å². The molecule has 33 heavy (non-hydrogen) atoms. The van der Waals surface area contributed by atoms with Crippen LogP contribution in [0.25, 0.3) is 0 Å². The molecule has 0 fully saturated rings. The molecular weight excluding hydrogens is 518 g/mol. The number of nitrogens with one attached hydrogen (secondary N) is 2. The predicted octanol–water partition coefficient (Wildman–Crippen LogP) is 6.58. The van der Waals surface area contributed by atoms with Gasteiger partial charge in [0.05, 0.1) is 17.8 Å². The van der Waals surface area contributed by atoms with E-state index in [-0.39, 0.29) is 23.5 Å². The molecule has 0 radical (unpaired) electrons. The number of carbonyl (C=O) groups excluding carboxylic acids is 1. The first-order valence-electron chi connectivity index (χ1n) is 9.58. The Morgan fingerprint density at radius 1 is 1.09 bits per heavy atom. The van der Waals surface area contributed by atoms with E-state index in [1.165, 1.54) is 6.07 Å². The van der Waals surface area contributed by atoms with Crippen molar-refractivity contribution in [3.63, 3.8) is 0 Å². The van der Waals surface area contributed by atoms with Gasteiger partial charge >= 0.3 is 12.4 Å². The van der Waals surface area contributed by atoms with Gasteiger partial charge < -0.3 is 10.6 Å². The number of hydrogen-bond acceptors (Lipinski definition) is 3. The van der Waals surface area contributed by atoms with Gasteiger partial charge in [-0.2, -0.15) is 31.4 Å². The van der Waals surface area contributed by atoms with E-state index in [4.69, 9.17) is 0 Å². The third-order valence-electron chi connectivity index (χ3n) is 5.20. The molecule has 174 valence electrons. The van der Waals surface area contributed by atoms with Crippen molar-refractivity contribution >= 4 is 33.3 Å². The lowest BCUT2D eigenvalue weighted by Crippen LogP contribution is -2.36. The van der Waals surface area contributed by atoms with Gasteiger partial charge in [-0.05, 0) is 35.9 Å². The number of carbonyl (C=O) groups is 1. The van der Waals surface area contributed by atoms with Crippen molar-refractivity contribution in [3.8, 4) is 0 Å². The second-order valence-corrected chi connectivity index (χ2v) is 8.34. The van der Waals surface area contributed by atoms with E-state index < -0.39 is 35.9 Å². The SMILES string of the molecule is O=C(Nc1cccc(C(F)(F)F)c1)c1cnn2c1N[C@@H](c1ccc(Br)cc1)C[C@H]2C(F)(F)F. The van der Waals surface area contributed by atoms with Crippen LogP contribution in [0.15, 0.2) is 59.2 Å². The molecule has 0 unspecified atom stereocenters. The topological polar surface area (TPSA) is 59.0 Å². The fourth-order valence-corrected chi connectivity index (χ4v) is 3.88. The summed E-state index contributed by atoms with van der Waals surface area (Å²) in [6, 6.07) is 7.88. The number of halogens is 7. The molecule has 2 atom stereocenters. The van der Waals surface area contributed by atoms with Gasteiger partial charge in [0.2, 0.25) is 0 Å². The Morgan fingerprint density at radius 2 is 1.79 bits per heavy atom. The monoisotopic (exact) mass is 532 g/mol. The molecule has 1 amide bonds. The number of nitrogens with zero attached hydrogens (tertiary/aromatic N) is 2. The summed E-state index contributed by atoms with van der Waals surface area (Å²) < 4.78 is 81.6. The zero-order chi connectivity index (χ0) is 24.0. The number of hydrogen-bond donors (Lipinski definition) is 2. The predicted molar refractivity (Wildman–Crippen MR) is 112 cm³/mol. The van der Waals surface area contributed by atoms with Crippen molar-refractivity contribution in [2.75, 3.05) is 10.6 Å². The quantitative estimate of drug-likeness (QED) is 0.375. The van der Waals surface area contributed by atoms with Crippen molar-refractivity contribution in [1.29, 1.82) is 0 Å². The summed E-state index contributed by atoms with van der Waals surface area (Å²) in [5.74, 6) is -1.05. The first-order chi connectivity index (χ1) is 15.4. The fourth-order valence-electron chi connectivity index (χ4n) is 3.61. The second-order valence-electron chi connectivity index (χ2n) is 7.43. The minimum atomic E-state index is -4.63. The molecule has 1 aliphatic heterocycles. The van der Waals surface area contributed by atoms with Crippen molar-refractivity contribution in [3.05, 3.63) is 75.9 Å². The average molecular weight is 533 g/mol. The minimum Gasteiger partial charge on any atom is -0.363 e. The molecule has 2 N–H and O–H groups in total. The Balaban J connectivity index is 1.67. The zero-order valence-electron chi connectivity index (χ0n) is 16.5. The third kappa shape index (κ3) is 4.85. The van der Waals surface area contributed by atoms with E-state index in [1.807, 2.05) is 0 Å². The zero-order valence-corrected chi connectivity index (χ0v) is 18.1. The maximum atomic E-state index is 13.8. The maximum absolute atomic E-state index is 13.8. The van der Waals surface area contributed by atoms with Crippen LogP contribution in [0.1, 0.15) is 40.0 Å². The fraction of sp³-hybridized carbons (Fsp3) is 0.238. The second kappa shape index (κ2) is 8.40. The summed E-state index contributed by atoms with van der Waals surface area (Å²) in [6.07, 6.45) is -8.63. The van der Waals surface area contributed by atoms with Crippen LogP contribution in [-0.2, 0) is 6.18 Å². The number of anilines is 2. The molecule has 12 heteroatoms. The normalized spacial score (nSPS) is 18.4. The Bertz CT molecular complexity index is 1170. The van der Waals surface area contributed by atoms with Gasteiger partial charge in [-0.15, -0.1) is 0 Å². The molecule has 0 spiro atoms. The van der Waals surface area contributed by atoms with Crippen LogP contribution in [0.4, 0.5) is 37.8 Å². The summed E-state index contributed by atoms with van der Waals surface area (Å²) in [5, 5.41) is 8.99. The highest BCUT2D eigenvalue weighted by Crippen LogP contribution is 2.44. The number of alkyl halides is 6. The molecule has 5 nitrogen and oxygen atoms in total. The molecule has 0 bridgehead atoms. The molecule has 1 aliphatic rings. The van der Waals surface area contributed by atoms with Gasteiger partial charge in [-0.1, -0.05) is 34.1 Å². The van der Waals surface area contributed by atoms with Gasteiger partial charge in [0.1, 0.15) is 11.4 Å². The molecule has 0 saturated carbocycles. The summed E-state index contributed by atoms with van der Waals surface area (Å²) >= 11 is 3.27.